The maximum absolute atomic E-state index is 11.6. The van der Waals surface area contributed by atoms with E-state index in [2.05, 4.69) is 39.6 Å². The molecule has 0 spiro atoms. The van der Waals surface area contributed by atoms with Crippen molar-refractivity contribution in [3.8, 4) is 0 Å². The Kier molecular flexibility index (Phi) is 1.69. The van der Waals surface area contributed by atoms with Crippen molar-refractivity contribution in [3.63, 3.8) is 0 Å². The van der Waals surface area contributed by atoms with E-state index in [1.54, 1.807) is 0 Å². The number of amides is 1. The van der Waals surface area contributed by atoms with E-state index in [1.165, 1.54) is 5.56 Å². The van der Waals surface area contributed by atoms with E-state index >= 15 is 0 Å². The summed E-state index contributed by atoms with van der Waals surface area (Å²) in [6.45, 7) is 2.99. The van der Waals surface area contributed by atoms with Gasteiger partial charge in [-0.25, -0.2) is 0 Å². The topological polar surface area (TPSA) is 41.1 Å². The summed E-state index contributed by atoms with van der Waals surface area (Å²) >= 11 is 3.48. The molecule has 2 aliphatic heterocycles. The lowest BCUT2D eigenvalue weighted by Crippen LogP contribution is -2.35. The average molecular weight is 267 g/mol. The summed E-state index contributed by atoms with van der Waals surface area (Å²) in [5.41, 5.74) is 3.29. The van der Waals surface area contributed by atoms with Crippen LogP contribution in [0.15, 0.2) is 16.6 Å². The van der Waals surface area contributed by atoms with Crippen LogP contribution in [0.4, 0.5) is 11.4 Å². The van der Waals surface area contributed by atoms with Gasteiger partial charge < -0.3 is 10.6 Å². The summed E-state index contributed by atoms with van der Waals surface area (Å²) in [5, 5.41) is 6.30. The Balaban J connectivity index is 2.31. The molecule has 3 nitrogen and oxygen atoms in total. The second-order valence-electron chi connectivity index (χ2n) is 4.48. The van der Waals surface area contributed by atoms with Gasteiger partial charge in [0.1, 0.15) is 0 Å². The van der Waals surface area contributed by atoms with Gasteiger partial charge in [0.05, 0.1) is 5.69 Å². The molecule has 1 unspecified atom stereocenters. The third-order valence-corrected chi connectivity index (χ3v) is 3.90. The number of carbonyl (C=O) groups excluding carboxylic acids is 1. The largest absolute Gasteiger partial charge is 0.384 e. The van der Waals surface area contributed by atoms with Gasteiger partial charge in [0.15, 0.2) is 0 Å². The molecule has 1 aromatic rings. The number of carbonyl (C=O) groups is 1. The Morgan fingerprint density at radius 1 is 1.47 bits per heavy atom. The lowest BCUT2D eigenvalue weighted by Gasteiger charge is -2.31. The average Bonchev–Trinajstić information content (AvgIpc) is 2.49. The molecular weight excluding hydrogens is 256 g/mol. The van der Waals surface area contributed by atoms with E-state index in [-0.39, 0.29) is 11.3 Å². The first-order valence-corrected chi connectivity index (χ1v) is 5.76. The maximum Gasteiger partial charge on any atom is 0.225 e. The molecule has 2 heterocycles. The van der Waals surface area contributed by atoms with Gasteiger partial charge >= 0.3 is 0 Å². The van der Waals surface area contributed by atoms with Gasteiger partial charge in [-0.05, 0) is 28.1 Å². The van der Waals surface area contributed by atoms with Gasteiger partial charge in [0.25, 0.3) is 0 Å². The molecule has 1 amide bonds. The van der Waals surface area contributed by atoms with Crippen molar-refractivity contribution < 1.29 is 4.79 Å². The molecule has 0 aliphatic carbocycles. The van der Waals surface area contributed by atoms with Crippen molar-refractivity contribution in [1.29, 1.82) is 0 Å². The molecule has 0 aromatic heterocycles. The predicted molar refractivity (Wildman–Crippen MR) is 63.2 cm³/mol. The number of benzene rings is 1. The third kappa shape index (κ3) is 1.14. The van der Waals surface area contributed by atoms with Crippen molar-refractivity contribution in [1.82, 2.24) is 0 Å². The first-order chi connectivity index (χ1) is 7.10. The van der Waals surface area contributed by atoms with Crippen molar-refractivity contribution in [2.75, 3.05) is 17.2 Å². The standard InChI is InChI=1S/C11H11BrN2O/c1-11-4-8(15)14-10-6(12)2-3-7(9(10)11)13-5-11/h2-3,13H,4-5H2,1H3,(H,14,15). The minimum Gasteiger partial charge on any atom is -0.384 e. The quantitative estimate of drug-likeness (QED) is 0.758. The summed E-state index contributed by atoms with van der Waals surface area (Å²) in [6, 6.07) is 4.03. The Morgan fingerprint density at radius 3 is 3.07 bits per heavy atom. The molecule has 15 heavy (non-hydrogen) atoms. The molecule has 2 aliphatic rings. The van der Waals surface area contributed by atoms with E-state index < -0.39 is 0 Å². The van der Waals surface area contributed by atoms with E-state index in [4.69, 9.17) is 0 Å². The molecule has 1 aromatic carbocycles. The highest BCUT2D eigenvalue weighted by atomic mass is 79.9. The summed E-state index contributed by atoms with van der Waals surface area (Å²) in [7, 11) is 0. The third-order valence-electron chi connectivity index (χ3n) is 3.24. The molecular formula is C11H11BrN2O. The number of hydrogen-bond donors (Lipinski definition) is 2. The highest BCUT2D eigenvalue weighted by Crippen LogP contribution is 2.48. The minimum atomic E-state index is -0.0449. The second-order valence-corrected chi connectivity index (χ2v) is 5.34. The normalized spacial score (nSPS) is 26.9. The van der Waals surface area contributed by atoms with Crippen LogP contribution in [-0.2, 0) is 10.2 Å². The fourth-order valence-corrected chi connectivity index (χ4v) is 2.97. The molecule has 1 atom stereocenters. The fourth-order valence-electron chi connectivity index (χ4n) is 2.54. The maximum atomic E-state index is 11.6. The first kappa shape index (κ1) is 9.21. The Bertz CT molecular complexity index is 472. The molecule has 3 rings (SSSR count). The molecule has 0 bridgehead atoms. The summed E-state index contributed by atoms with van der Waals surface area (Å²) in [5.74, 6) is 0.103. The van der Waals surface area contributed by atoms with Gasteiger partial charge in [0, 0.05) is 34.1 Å². The van der Waals surface area contributed by atoms with Crippen LogP contribution in [0.3, 0.4) is 0 Å². The predicted octanol–water partition coefficient (Wildman–Crippen LogP) is 2.47. The van der Waals surface area contributed by atoms with Gasteiger partial charge in [-0.1, -0.05) is 6.92 Å². The zero-order valence-corrected chi connectivity index (χ0v) is 9.94. The van der Waals surface area contributed by atoms with Crippen LogP contribution in [0.5, 0.6) is 0 Å². The number of anilines is 2. The van der Waals surface area contributed by atoms with Gasteiger partial charge in [-0.3, -0.25) is 4.79 Å². The lowest BCUT2D eigenvalue weighted by molar-refractivity contribution is -0.117. The van der Waals surface area contributed by atoms with E-state index in [9.17, 15) is 4.79 Å². The summed E-state index contributed by atoms with van der Waals surface area (Å²) in [4.78, 5) is 11.6. The van der Waals surface area contributed by atoms with Crippen LogP contribution in [-0.4, -0.2) is 12.5 Å². The Labute approximate surface area is 96.4 Å². The number of rotatable bonds is 0. The second kappa shape index (κ2) is 2.76. The molecule has 4 heteroatoms. The van der Waals surface area contributed by atoms with Crippen molar-refractivity contribution >= 4 is 33.2 Å². The molecule has 2 N–H and O–H groups in total. The van der Waals surface area contributed by atoms with Crippen LogP contribution in [0.25, 0.3) is 0 Å². The Hall–Kier alpha value is -1.03. The summed E-state index contributed by atoms with van der Waals surface area (Å²) < 4.78 is 0.962. The zero-order valence-electron chi connectivity index (χ0n) is 8.36. The van der Waals surface area contributed by atoms with Crippen LogP contribution in [0, 0.1) is 0 Å². The fraction of sp³-hybridized carbons (Fsp3) is 0.364. The SMILES string of the molecule is CC12CNc3ccc(Br)c(c31)NC(=O)C2. The lowest BCUT2D eigenvalue weighted by atomic mass is 9.78. The molecule has 0 radical (unpaired) electrons. The smallest absolute Gasteiger partial charge is 0.225 e. The van der Waals surface area contributed by atoms with Crippen molar-refractivity contribution in [3.05, 3.63) is 22.2 Å². The van der Waals surface area contributed by atoms with Crippen LogP contribution in [0.2, 0.25) is 0 Å². The van der Waals surface area contributed by atoms with Crippen LogP contribution < -0.4 is 10.6 Å². The van der Waals surface area contributed by atoms with Crippen molar-refractivity contribution in [2.45, 2.75) is 18.8 Å². The van der Waals surface area contributed by atoms with E-state index in [1.807, 2.05) is 6.07 Å². The molecule has 78 valence electrons. The molecule has 0 saturated heterocycles. The monoisotopic (exact) mass is 266 g/mol. The van der Waals surface area contributed by atoms with Gasteiger partial charge in [-0.2, -0.15) is 0 Å². The Morgan fingerprint density at radius 2 is 2.27 bits per heavy atom. The zero-order chi connectivity index (χ0) is 10.6. The molecule has 0 fully saturated rings. The van der Waals surface area contributed by atoms with E-state index in [0.717, 1.165) is 22.4 Å². The van der Waals surface area contributed by atoms with Gasteiger partial charge in [-0.15, -0.1) is 0 Å². The number of hydrogen-bond acceptors (Lipinski definition) is 2. The molecule has 0 saturated carbocycles. The highest BCUT2D eigenvalue weighted by molar-refractivity contribution is 9.10. The van der Waals surface area contributed by atoms with Gasteiger partial charge in [0.2, 0.25) is 5.91 Å². The van der Waals surface area contributed by atoms with Crippen LogP contribution >= 0.6 is 15.9 Å². The number of nitrogens with one attached hydrogen (secondary N) is 2. The van der Waals surface area contributed by atoms with E-state index in [0.29, 0.717) is 6.42 Å². The minimum absolute atomic E-state index is 0.0449. The number of halogens is 1. The van der Waals surface area contributed by atoms with Crippen molar-refractivity contribution in [2.24, 2.45) is 0 Å². The first-order valence-electron chi connectivity index (χ1n) is 4.97. The summed E-state index contributed by atoms with van der Waals surface area (Å²) in [6.07, 6.45) is 0.566. The highest BCUT2D eigenvalue weighted by Gasteiger charge is 2.42. The van der Waals surface area contributed by atoms with Crippen LogP contribution in [0.1, 0.15) is 18.9 Å².